The number of carbonyl (C=O) groups excluding carboxylic acids is 2. The van der Waals surface area contributed by atoms with Gasteiger partial charge in [0.05, 0.1) is 15.3 Å². The van der Waals surface area contributed by atoms with E-state index < -0.39 is 52.7 Å². The molecule has 2 heterocycles. The number of hydrogen-bond acceptors (Lipinski definition) is 5. The van der Waals surface area contributed by atoms with Crippen molar-refractivity contribution in [1.29, 1.82) is 0 Å². The number of aromatic nitrogens is 3. The van der Waals surface area contributed by atoms with Crippen molar-refractivity contribution in [3.05, 3.63) is 38.5 Å². The van der Waals surface area contributed by atoms with Crippen LogP contribution in [0.2, 0.25) is 0 Å². The monoisotopic (exact) mass is 531 g/mol. The van der Waals surface area contributed by atoms with Gasteiger partial charge in [-0.15, -0.1) is 0 Å². The maximum atomic E-state index is 13.7. The molecule has 0 aliphatic carbocycles. The quantitative estimate of drug-likeness (QED) is 0.319. The second-order valence-electron chi connectivity index (χ2n) is 6.43. The number of ether oxygens (including phenoxy) is 1. The standard InChI is InChI=1S/C17H15F5IN3O3/c1-7(2)4-10-11(16(28)26-6-9(23)5-24-26)14(17(20,21)22)25-12(15(18)19)13(10)29-8(3)27/h5-7,15H,4H2,1-3H3. The molecule has 0 saturated heterocycles. The van der Waals surface area contributed by atoms with Crippen molar-refractivity contribution in [1.82, 2.24) is 14.8 Å². The molecule has 12 heteroatoms. The summed E-state index contributed by atoms with van der Waals surface area (Å²) in [7, 11) is 0. The molecule has 29 heavy (non-hydrogen) atoms. The molecular formula is C17H15F5IN3O3. The Morgan fingerprint density at radius 2 is 1.90 bits per heavy atom. The van der Waals surface area contributed by atoms with E-state index in [0.717, 1.165) is 6.92 Å². The Bertz CT molecular complexity index is 941. The summed E-state index contributed by atoms with van der Waals surface area (Å²) in [6, 6.07) is 0. The summed E-state index contributed by atoms with van der Waals surface area (Å²) in [5.74, 6) is -3.45. The number of pyridine rings is 1. The van der Waals surface area contributed by atoms with Crippen LogP contribution in [0.5, 0.6) is 5.75 Å². The molecule has 158 valence electrons. The molecule has 0 aromatic carbocycles. The lowest BCUT2D eigenvalue weighted by Crippen LogP contribution is -2.26. The molecule has 0 saturated carbocycles. The summed E-state index contributed by atoms with van der Waals surface area (Å²) >= 11 is 1.80. The van der Waals surface area contributed by atoms with Crippen LogP contribution in [0.4, 0.5) is 22.0 Å². The Hall–Kier alpha value is -2.12. The molecule has 0 N–H and O–H groups in total. The van der Waals surface area contributed by atoms with Gasteiger partial charge < -0.3 is 4.74 Å². The van der Waals surface area contributed by atoms with Gasteiger partial charge >= 0.3 is 12.1 Å². The molecule has 0 aliphatic rings. The molecule has 0 radical (unpaired) electrons. The van der Waals surface area contributed by atoms with Gasteiger partial charge in [0.25, 0.3) is 12.3 Å². The number of rotatable bonds is 5. The molecule has 6 nitrogen and oxygen atoms in total. The first-order valence-electron chi connectivity index (χ1n) is 8.18. The van der Waals surface area contributed by atoms with Crippen LogP contribution in [0.15, 0.2) is 12.4 Å². The zero-order valence-corrected chi connectivity index (χ0v) is 17.5. The lowest BCUT2D eigenvalue weighted by atomic mass is 9.94. The number of alkyl halides is 5. The summed E-state index contributed by atoms with van der Waals surface area (Å²) in [6.07, 6.45) is -6.51. The molecule has 2 aromatic heterocycles. The molecule has 0 aliphatic heterocycles. The number of hydrogen-bond donors (Lipinski definition) is 0. The Morgan fingerprint density at radius 3 is 2.31 bits per heavy atom. The molecule has 2 aromatic rings. The van der Waals surface area contributed by atoms with Gasteiger partial charge in [0.2, 0.25) is 0 Å². The summed E-state index contributed by atoms with van der Waals surface area (Å²) < 4.78 is 74.0. The Morgan fingerprint density at radius 1 is 1.28 bits per heavy atom. The highest BCUT2D eigenvalue weighted by molar-refractivity contribution is 14.1. The molecule has 0 spiro atoms. The first kappa shape index (κ1) is 23.2. The number of halogens is 6. The summed E-state index contributed by atoms with van der Waals surface area (Å²) in [6.45, 7) is 4.13. The highest BCUT2D eigenvalue weighted by Gasteiger charge is 2.42. The Labute approximate surface area is 175 Å². The van der Waals surface area contributed by atoms with Crippen molar-refractivity contribution < 1.29 is 36.3 Å². The van der Waals surface area contributed by atoms with Crippen molar-refractivity contribution in [2.75, 3.05) is 0 Å². The molecule has 0 bridgehead atoms. The third kappa shape index (κ3) is 5.28. The van der Waals surface area contributed by atoms with E-state index in [0.29, 0.717) is 8.25 Å². The van der Waals surface area contributed by atoms with Crippen LogP contribution in [-0.2, 0) is 17.4 Å². The first-order chi connectivity index (χ1) is 13.3. The third-order valence-electron chi connectivity index (χ3n) is 3.58. The van der Waals surface area contributed by atoms with Crippen molar-refractivity contribution >= 4 is 34.5 Å². The van der Waals surface area contributed by atoms with Gasteiger partial charge in [-0.05, 0) is 34.9 Å². The number of carbonyl (C=O) groups is 2. The molecule has 2 rings (SSSR count). The van der Waals surface area contributed by atoms with Gasteiger partial charge in [0.15, 0.2) is 11.4 Å². The summed E-state index contributed by atoms with van der Waals surface area (Å²) in [4.78, 5) is 27.3. The largest absolute Gasteiger partial charge is 0.434 e. The van der Waals surface area contributed by atoms with E-state index in [4.69, 9.17) is 4.74 Å². The van der Waals surface area contributed by atoms with E-state index >= 15 is 0 Å². The van der Waals surface area contributed by atoms with E-state index in [1.165, 1.54) is 12.4 Å². The van der Waals surface area contributed by atoms with Gasteiger partial charge in [-0.25, -0.2) is 18.4 Å². The fourth-order valence-corrected chi connectivity index (χ4v) is 3.00. The predicted molar refractivity (Wildman–Crippen MR) is 98.7 cm³/mol. The predicted octanol–water partition coefficient (Wildman–Crippen LogP) is 4.65. The molecular weight excluding hydrogens is 516 g/mol. The van der Waals surface area contributed by atoms with Crippen LogP contribution >= 0.6 is 22.6 Å². The van der Waals surface area contributed by atoms with Crippen LogP contribution in [-0.4, -0.2) is 26.6 Å². The van der Waals surface area contributed by atoms with Crippen molar-refractivity contribution in [3.8, 4) is 5.75 Å². The fraction of sp³-hybridized carbons (Fsp3) is 0.412. The van der Waals surface area contributed by atoms with E-state index in [9.17, 15) is 31.5 Å². The summed E-state index contributed by atoms with van der Waals surface area (Å²) in [5.41, 5.74) is -4.58. The second kappa shape index (κ2) is 8.71. The minimum atomic E-state index is -5.21. The minimum Gasteiger partial charge on any atom is -0.424 e. The van der Waals surface area contributed by atoms with Gasteiger partial charge in [0, 0.05) is 18.7 Å². The van der Waals surface area contributed by atoms with Crippen molar-refractivity contribution in [2.24, 2.45) is 5.92 Å². The van der Waals surface area contributed by atoms with E-state index in [1.807, 2.05) is 0 Å². The maximum Gasteiger partial charge on any atom is 0.434 e. The van der Waals surface area contributed by atoms with Gasteiger partial charge in [-0.3, -0.25) is 9.59 Å². The molecule has 0 atom stereocenters. The Balaban J connectivity index is 2.95. The highest BCUT2D eigenvalue weighted by atomic mass is 127. The SMILES string of the molecule is CC(=O)Oc1c(C(F)F)nc(C(F)(F)F)c(C(=O)n2cc(I)cn2)c1CC(C)C. The third-order valence-corrected chi connectivity index (χ3v) is 4.14. The van der Waals surface area contributed by atoms with Crippen LogP contribution < -0.4 is 4.74 Å². The molecule has 0 amide bonds. The average molecular weight is 531 g/mol. The van der Waals surface area contributed by atoms with Crippen LogP contribution in [0.3, 0.4) is 0 Å². The molecule has 0 fully saturated rings. The first-order valence-corrected chi connectivity index (χ1v) is 9.26. The van der Waals surface area contributed by atoms with Crippen LogP contribution in [0.1, 0.15) is 54.5 Å². The maximum absolute atomic E-state index is 13.7. The smallest absolute Gasteiger partial charge is 0.424 e. The zero-order chi connectivity index (χ0) is 22.1. The van der Waals surface area contributed by atoms with Crippen LogP contribution in [0.25, 0.3) is 0 Å². The van der Waals surface area contributed by atoms with E-state index in [2.05, 4.69) is 10.1 Å². The van der Waals surface area contributed by atoms with Gasteiger partial charge in [-0.2, -0.15) is 18.3 Å². The fourth-order valence-electron chi connectivity index (χ4n) is 2.61. The number of nitrogens with zero attached hydrogens (tertiary/aromatic N) is 3. The van der Waals surface area contributed by atoms with E-state index in [1.54, 1.807) is 36.4 Å². The minimum absolute atomic E-state index is 0.243. The topological polar surface area (TPSA) is 74.1 Å². The lowest BCUT2D eigenvalue weighted by molar-refractivity contribution is -0.141. The average Bonchev–Trinajstić information content (AvgIpc) is 2.99. The lowest BCUT2D eigenvalue weighted by Gasteiger charge is -2.21. The van der Waals surface area contributed by atoms with Gasteiger partial charge in [0.1, 0.15) is 5.69 Å². The van der Waals surface area contributed by atoms with E-state index in [-0.39, 0.29) is 12.3 Å². The van der Waals surface area contributed by atoms with Crippen molar-refractivity contribution in [2.45, 2.75) is 39.8 Å². The summed E-state index contributed by atoms with van der Waals surface area (Å²) in [5, 5.41) is 3.69. The number of esters is 1. The molecule has 0 unspecified atom stereocenters. The normalized spacial score (nSPS) is 12.0. The second-order valence-corrected chi connectivity index (χ2v) is 7.67. The van der Waals surface area contributed by atoms with Crippen molar-refractivity contribution in [3.63, 3.8) is 0 Å². The van der Waals surface area contributed by atoms with Gasteiger partial charge in [-0.1, -0.05) is 13.8 Å². The highest BCUT2D eigenvalue weighted by Crippen LogP contribution is 2.41. The zero-order valence-electron chi connectivity index (χ0n) is 15.4. The van der Waals surface area contributed by atoms with Crippen LogP contribution in [0, 0.1) is 9.49 Å². The Kier molecular flexibility index (Phi) is 6.96.